The van der Waals surface area contributed by atoms with Crippen molar-refractivity contribution in [3.05, 3.63) is 6.92 Å². The molecule has 0 nitrogen and oxygen atoms in total. The topological polar surface area (TPSA) is 0 Å². The van der Waals surface area contributed by atoms with Crippen molar-refractivity contribution in [3.8, 4) is 0 Å². The Kier molecular flexibility index (Phi) is 6.51. The fraction of sp³-hybridized carbons (Fsp3) is 0.917. The third-order valence-corrected chi connectivity index (χ3v) is 2.27. The van der Waals surface area contributed by atoms with Gasteiger partial charge in [-0.25, -0.2) is 0 Å². The summed E-state index contributed by atoms with van der Waals surface area (Å²) in [6.45, 7) is 13.2. The molecule has 0 aliphatic carbocycles. The minimum absolute atomic E-state index is 0.635. The van der Waals surface area contributed by atoms with E-state index in [2.05, 4.69) is 34.6 Å². The van der Waals surface area contributed by atoms with Gasteiger partial charge in [-0.1, -0.05) is 53.9 Å². The van der Waals surface area contributed by atoms with Crippen LogP contribution in [-0.2, 0) is 0 Å². The van der Waals surface area contributed by atoms with Crippen LogP contribution in [0.2, 0.25) is 0 Å². The van der Waals surface area contributed by atoms with Crippen molar-refractivity contribution in [1.82, 2.24) is 0 Å². The van der Waals surface area contributed by atoms with E-state index in [1.807, 2.05) is 0 Å². The van der Waals surface area contributed by atoms with Crippen molar-refractivity contribution < 1.29 is 0 Å². The second kappa shape index (κ2) is 6.51. The summed E-state index contributed by atoms with van der Waals surface area (Å²) in [5, 5.41) is 0. The molecule has 0 N–H and O–H groups in total. The molecule has 0 rings (SSSR count). The van der Waals surface area contributed by atoms with Crippen molar-refractivity contribution in [2.75, 3.05) is 0 Å². The molecule has 0 heterocycles. The number of hydrogen-bond acceptors (Lipinski definition) is 0. The Labute approximate surface area is 78.8 Å². The predicted molar refractivity (Wildman–Crippen MR) is 57.0 cm³/mol. The summed E-state index contributed by atoms with van der Waals surface area (Å²) < 4.78 is 0. The molecule has 0 aromatic carbocycles. The van der Waals surface area contributed by atoms with E-state index in [1.54, 1.807) is 0 Å². The van der Waals surface area contributed by atoms with Gasteiger partial charge in [0.1, 0.15) is 0 Å². The first-order valence-electron chi connectivity index (χ1n) is 5.35. The summed E-state index contributed by atoms with van der Waals surface area (Å²) in [6, 6.07) is 0. The van der Waals surface area contributed by atoms with Gasteiger partial charge in [-0.15, -0.1) is 0 Å². The molecule has 73 valence electrons. The summed E-state index contributed by atoms with van der Waals surface area (Å²) in [5.41, 5.74) is 0. The van der Waals surface area contributed by atoms with Crippen LogP contribution in [0.25, 0.3) is 0 Å². The lowest BCUT2D eigenvalue weighted by molar-refractivity contribution is 0.393. The molecule has 0 aromatic heterocycles. The molecule has 0 aliphatic rings. The number of hydrogen-bond donors (Lipinski definition) is 0. The van der Waals surface area contributed by atoms with Gasteiger partial charge in [0.15, 0.2) is 0 Å². The van der Waals surface area contributed by atoms with Crippen LogP contribution >= 0.6 is 0 Å². The summed E-state index contributed by atoms with van der Waals surface area (Å²) >= 11 is 0. The third-order valence-electron chi connectivity index (χ3n) is 2.27. The van der Waals surface area contributed by atoms with E-state index >= 15 is 0 Å². The third kappa shape index (κ3) is 8.10. The summed E-state index contributed by atoms with van der Waals surface area (Å²) in [4.78, 5) is 0. The van der Waals surface area contributed by atoms with Gasteiger partial charge in [-0.05, 0) is 24.2 Å². The van der Waals surface area contributed by atoms with E-state index < -0.39 is 0 Å². The highest BCUT2D eigenvalue weighted by Gasteiger charge is 2.04. The monoisotopic (exact) mass is 169 g/mol. The molecular weight excluding hydrogens is 144 g/mol. The van der Waals surface area contributed by atoms with E-state index in [9.17, 15) is 0 Å². The smallest absolute Gasteiger partial charge is 0.0440 e. The molecule has 0 spiro atoms. The first-order chi connectivity index (χ1) is 5.52. The molecule has 0 saturated carbocycles. The largest absolute Gasteiger partial charge is 0.0628 e. The van der Waals surface area contributed by atoms with E-state index in [0.717, 1.165) is 11.8 Å². The van der Waals surface area contributed by atoms with E-state index in [0.29, 0.717) is 5.92 Å². The Bertz CT molecular complexity index is 92.2. The highest BCUT2D eigenvalue weighted by atomic mass is 14.1. The van der Waals surface area contributed by atoms with Gasteiger partial charge in [-0.3, -0.25) is 0 Å². The highest BCUT2D eigenvalue weighted by Crippen LogP contribution is 2.18. The Hall–Kier alpha value is 0. The van der Waals surface area contributed by atoms with Gasteiger partial charge >= 0.3 is 0 Å². The minimum Gasteiger partial charge on any atom is -0.0628 e. The van der Waals surface area contributed by atoms with Crippen molar-refractivity contribution in [1.29, 1.82) is 0 Å². The lowest BCUT2D eigenvalue weighted by atomic mass is 9.93. The van der Waals surface area contributed by atoms with Crippen LogP contribution < -0.4 is 0 Å². The van der Waals surface area contributed by atoms with Gasteiger partial charge in [0, 0.05) is 0 Å². The van der Waals surface area contributed by atoms with Crippen molar-refractivity contribution in [3.63, 3.8) is 0 Å². The predicted octanol–water partition coefficient (Wildman–Crippen LogP) is 4.31. The van der Waals surface area contributed by atoms with Crippen LogP contribution in [0, 0.1) is 24.7 Å². The van der Waals surface area contributed by atoms with Crippen LogP contribution in [0.15, 0.2) is 0 Å². The normalized spacial score (nSPS) is 14.2. The zero-order valence-electron chi connectivity index (χ0n) is 9.27. The van der Waals surface area contributed by atoms with Crippen LogP contribution in [0.5, 0.6) is 0 Å². The summed E-state index contributed by atoms with van der Waals surface area (Å²) in [5.74, 6) is 2.40. The minimum atomic E-state index is 0.635. The molecule has 0 amide bonds. The van der Waals surface area contributed by atoms with Crippen LogP contribution in [-0.4, -0.2) is 0 Å². The molecule has 0 saturated heterocycles. The van der Waals surface area contributed by atoms with Gasteiger partial charge in [0.25, 0.3) is 0 Å². The van der Waals surface area contributed by atoms with Crippen molar-refractivity contribution in [2.45, 2.75) is 53.4 Å². The van der Waals surface area contributed by atoms with E-state index in [-0.39, 0.29) is 0 Å². The Morgan fingerprint density at radius 1 is 1.00 bits per heavy atom. The molecule has 0 bridgehead atoms. The molecule has 0 aliphatic heterocycles. The fourth-order valence-electron chi connectivity index (χ4n) is 1.74. The van der Waals surface area contributed by atoms with Crippen LogP contribution in [0.3, 0.4) is 0 Å². The van der Waals surface area contributed by atoms with Gasteiger partial charge in [0.05, 0.1) is 0 Å². The molecule has 2 unspecified atom stereocenters. The molecule has 0 heteroatoms. The quantitative estimate of drug-likeness (QED) is 0.556. The fourth-order valence-corrected chi connectivity index (χ4v) is 1.74. The maximum absolute atomic E-state index is 4.00. The zero-order chi connectivity index (χ0) is 9.56. The van der Waals surface area contributed by atoms with Crippen molar-refractivity contribution in [2.24, 2.45) is 17.8 Å². The van der Waals surface area contributed by atoms with E-state index in [4.69, 9.17) is 0 Å². The zero-order valence-corrected chi connectivity index (χ0v) is 9.27. The SMILES string of the molecule is [CH2]C(C)CCCC(C)CC(C)C. The maximum atomic E-state index is 4.00. The molecule has 12 heavy (non-hydrogen) atoms. The molecule has 0 fully saturated rings. The molecule has 2 atom stereocenters. The Balaban J connectivity index is 3.25. The van der Waals surface area contributed by atoms with Gasteiger partial charge in [0.2, 0.25) is 0 Å². The van der Waals surface area contributed by atoms with E-state index in [1.165, 1.54) is 25.7 Å². The standard InChI is InChI=1S/C12H25/c1-10(2)7-6-8-12(5)9-11(3)4/h10-12H,1,6-9H2,2-5H3. The average Bonchev–Trinajstić information content (AvgIpc) is 1.84. The van der Waals surface area contributed by atoms with Gasteiger partial charge < -0.3 is 0 Å². The highest BCUT2D eigenvalue weighted by molar-refractivity contribution is 4.59. The molecular formula is C12H25. The lowest BCUT2D eigenvalue weighted by Gasteiger charge is -2.14. The maximum Gasteiger partial charge on any atom is -0.0440 e. The Morgan fingerprint density at radius 3 is 2.00 bits per heavy atom. The first kappa shape index (κ1) is 12.0. The average molecular weight is 169 g/mol. The molecule has 1 radical (unpaired) electrons. The van der Waals surface area contributed by atoms with Crippen molar-refractivity contribution >= 4 is 0 Å². The first-order valence-corrected chi connectivity index (χ1v) is 5.35. The summed E-state index contributed by atoms with van der Waals surface area (Å²) in [7, 11) is 0. The number of rotatable bonds is 6. The molecule has 0 aromatic rings. The second-order valence-electron chi connectivity index (χ2n) is 4.77. The van der Waals surface area contributed by atoms with Gasteiger partial charge in [-0.2, -0.15) is 0 Å². The van der Waals surface area contributed by atoms with Crippen LogP contribution in [0.4, 0.5) is 0 Å². The second-order valence-corrected chi connectivity index (χ2v) is 4.77. The Morgan fingerprint density at radius 2 is 1.58 bits per heavy atom. The van der Waals surface area contributed by atoms with Crippen LogP contribution in [0.1, 0.15) is 53.4 Å². The summed E-state index contributed by atoms with van der Waals surface area (Å²) in [6.07, 6.45) is 5.42. The lowest BCUT2D eigenvalue weighted by Crippen LogP contribution is -2.00.